The number of carbonyl (C=O) groups excluding carboxylic acids is 2. The number of hydrogen-bond donors (Lipinski definition) is 0. The number of fused-ring (bicyclic) bond motifs is 1. The minimum Gasteiger partial charge on any atom is -0.465 e. The first kappa shape index (κ1) is 24.4. The highest BCUT2D eigenvalue weighted by atomic mass is 16.6. The molecule has 1 heterocycles. The molecule has 0 N–H and O–H groups in total. The zero-order valence-corrected chi connectivity index (χ0v) is 21.3. The van der Waals surface area contributed by atoms with Crippen molar-refractivity contribution in [1.82, 2.24) is 0 Å². The van der Waals surface area contributed by atoms with Crippen molar-refractivity contribution in [3.8, 4) is 0 Å². The molecule has 188 valence electrons. The van der Waals surface area contributed by atoms with Gasteiger partial charge in [0.05, 0.1) is 18.2 Å². The first-order chi connectivity index (χ1) is 17.5. The summed E-state index contributed by atoms with van der Waals surface area (Å²) in [7, 11) is 1.40. The van der Waals surface area contributed by atoms with E-state index < -0.39 is 5.60 Å². The fourth-order valence-corrected chi connectivity index (χ4v) is 5.59. The SMILES string of the molecule is COC(=O)c1ccc2c(c1)CCN2/C=C(/C(C(=O)OC1(C)CCCCC1)=C1CCC1)c1ccccc1. The zero-order chi connectivity index (χ0) is 25.1. The Labute approximate surface area is 213 Å². The van der Waals surface area contributed by atoms with Crippen molar-refractivity contribution in [2.24, 2.45) is 0 Å². The Morgan fingerprint density at radius 2 is 1.67 bits per heavy atom. The summed E-state index contributed by atoms with van der Waals surface area (Å²) in [6.07, 6.45) is 11.2. The summed E-state index contributed by atoms with van der Waals surface area (Å²) in [5.74, 6) is -0.516. The molecule has 0 unspecified atom stereocenters. The first-order valence-corrected chi connectivity index (χ1v) is 13.2. The van der Waals surface area contributed by atoms with E-state index >= 15 is 0 Å². The lowest BCUT2D eigenvalue weighted by atomic mass is 9.82. The number of esters is 2. The third-order valence-corrected chi connectivity index (χ3v) is 7.84. The molecule has 0 radical (unpaired) electrons. The lowest BCUT2D eigenvalue weighted by molar-refractivity contribution is -0.155. The molecule has 0 spiro atoms. The maximum absolute atomic E-state index is 13.8. The van der Waals surface area contributed by atoms with Crippen LogP contribution in [0.25, 0.3) is 5.57 Å². The number of hydrogen-bond acceptors (Lipinski definition) is 5. The molecule has 2 fully saturated rings. The van der Waals surface area contributed by atoms with E-state index in [4.69, 9.17) is 9.47 Å². The van der Waals surface area contributed by atoms with E-state index in [0.717, 1.165) is 85.9 Å². The maximum atomic E-state index is 13.8. The average Bonchev–Trinajstić information content (AvgIpc) is 3.27. The van der Waals surface area contributed by atoms with Gasteiger partial charge in [0.25, 0.3) is 0 Å². The van der Waals surface area contributed by atoms with Crippen LogP contribution in [-0.2, 0) is 20.7 Å². The molecule has 2 aromatic carbocycles. The molecule has 5 rings (SSSR count). The molecule has 0 atom stereocenters. The van der Waals surface area contributed by atoms with E-state index in [1.165, 1.54) is 19.1 Å². The topological polar surface area (TPSA) is 55.8 Å². The zero-order valence-electron chi connectivity index (χ0n) is 21.3. The van der Waals surface area contributed by atoms with E-state index in [1.54, 1.807) is 0 Å². The molecule has 2 aliphatic carbocycles. The summed E-state index contributed by atoms with van der Waals surface area (Å²) < 4.78 is 11.2. The van der Waals surface area contributed by atoms with Crippen LogP contribution in [0.5, 0.6) is 0 Å². The number of rotatable bonds is 6. The summed E-state index contributed by atoms with van der Waals surface area (Å²) in [6, 6.07) is 15.9. The van der Waals surface area contributed by atoms with Gasteiger partial charge >= 0.3 is 11.9 Å². The highest BCUT2D eigenvalue weighted by molar-refractivity contribution is 6.08. The van der Waals surface area contributed by atoms with E-state index in [-0.39, 0.29) is 11.9 Å². The summed E-state index contributed by atoms with van der Waals surface area (Å²) in [6.45, 7) is 2.88. The molecule has 0 bridgehead atoms. The van der Waals surface area contributed by atoms with Gasteiger partial charge in [-0.3, -0.25) is 0 Å². The van der Waals surface area contributed by atoms with Crippen LogP contribution in [0.3, 0.4) is 0 Å². The van der Waals surface area contributed by atoms with Crippen molar-refractivity contribution in [2.45, 2.75) is 70.3 Å². The van der Waals surface area contributed by atoms with Crippen LogP contribution in [-0.4, -0.2) is 31.2 Å². The van der Waals surface area contributed by atoms with Crippen molar-refractivity contribution in [1.29, 1.82) is 0 Å². The van der Waals surface area contributed by atoms with Gasteiger partial charge in [0.2, 0.25) is 0 Å². The van der Waals surface area contributed by atoms with E-state index in [0.29, 0.717) is 5.56 Å². The van der Waals surface area contributed by atoms with Gasteiger partial charge < -0.3 is 14.4 Å². The van der Waals surface area contributed by atoms with Crippen LogP contribution in [0.4, 0.5) is 5.69 Å². The van der Waals surface area contributed by atoms with Crippen LogP contribution in [0, 0.1) is 0 Å². The van der Waals surface area contributed by atoms with E-state index in [9.17, 15) is 9.59 Å². The second-order valence-corrected chi connectivity index (χ2v) is 10.4. The number of ether oxygens (including phenoxy) is 2. The number of carbonyl (C=O) groups is 2. The van der Waals surface area contributed by atoms with Crippen molar-refractivity contribution >= 4 is 23.2 Å². The molecule has 2 saturated carbocycles. The van der Waals surface area contributed by atoms with Crippen LogP contribution < -0.4 is 4.90 Å². The fraction of sp³-hybridized carbons (Fsp3) is 0.419. The third kappa shape index (κ3) is 4.97. The molecule has 2 aromatic rings. The largest absolute Gasteiger partial charge is 0.465 e. The Morgan fingerprint density at radius 1 is 0.917 bits per heavy atom. The Morgan fingerprint density at radius 3 is 2.33 bits per heavy atom. The van der Waals surface area contributed by atoms with E-state index in [2.05, 4.69) is 30.2 Å². The Bertz CT molecular complexity index is 1200. The van der Waals surface area contributed by atoms with Crippen molar-refractivity contribution in [3.05, 3.63) is 82.6 Å². The Hall–Kier alpha value is -3.34. The molecule has 5 heteroatoms. The van der Waals surface area contributed by atoms with Crippen molar-refractivity contribution < 1.29 is 19.1 Å². The van der Waals surface area contributed by atoms with Crippen LogP contribution in [0.15, 0.2) is 65.9 Å². The number of anilines is 1. The fourth-order valence-electron chi connectivity index (χ4n) is 5.59. The van der Waals surface area contributed by atoms with Crippen LogP contribution >= 0.6 is 0 Å². The number of benzene rings is 2. The van der Waals surface area contributed by atoms with Gasteiger partial charge in [-0.25, -0.2) is 9.59 Å². The van der Waals surface area contributed by atoms with Crippen LogP contribution in [0.2, 0.25) is 0 Å². The van der Waals surface area contributed by atoms with Gasteiger partial charge in [-0.15, -0.1) is 0 Å². The highest BCUT2D eigenvalue weighted by Gasteiger charge is 2.35. The molecule has 1 aliphatic heterocycles. The quantitative estimate of drug-likeness (QED) is 0.340. The lowest BCUT2D eigenvalue weighted by Crippen LogP contribution is -2.35. The second-order valence-electron chi connectivity index (χ2n) is 10.4. The molecule has 5 nitrogen and oxygen atoms in total. The standard InChI is InChI=1S/C31H35NO4/c1-31(17-7-4-8-18-31)36-30(34)28(23-12-9-13-23)26(22-10-5-3-6-11-22)21-32-19-16-24-20-25(29(33)35-2)14-15-27(24)32/h3,5-6,10-11,14-15,20-21H,4,7-9,12-13,16-19H2,1-2H3/b26-21+. The Kier molecular flexibility index (Phi) is 6.99. The predicted octanol–water partition coefficient (Wildman–Crippen LogP) is 6.62. The normalized spacial score (nSPS) is 18.8. The molecular weight excluding hydrogens is 450 g/mol. The highest BCUT2D eigenvalue weighted by Crippen LogP contribution is 2.40. The average molecular weight is 486 g/mol. The van der Waals surface area contributed by atoms with Gasteiger partial charge in [-0.05, 0) is 87.6 Å². The minimum absolute atomic E-state index is 0.190. The smallest absolute Gasteiger partial charge is 0.339 e. The third-order valence-electron chi connectivity index (χ3n) is 7.84. The Balaban J connectivity index is 1.53. The van der Waals surface area contributed by atoms with Crippen molar-refractivity contribution in [3.63, 3.8) is 0 Å². The maximum Gasteiger partial charge on any atom is 0.339 e. The first-order valence-electron chi connectivity index (χ1n) is 13.2. The monoisotopic (exact) mass is 485 g/mol. The predicted molar refractivity (Wildman–Crippen MR) is 142 cm³/mol. The molecule has 0 amide bonds. The summed E-state index contributed by atoms with van der Waals surface area (Å²) in [5, 5.41) is 0. The number of allylic oxidation sites excluding steroid dienone is 1. The summed E-state index contributed by atoms with van der Waals surface area (Å²) in [4.78, 5) is 28.1. The van der Waals surface area contributed by atoms with Crippen molar-refractivity contribution in [2.75, 3.05) is 18.6 Å². The second kappa shape index (κ2) is 10.3. The van der Waals surface area contributed by atoms with E-state index in [1.807, 2.05) is 36.4 Å². The summed E-state index contributed by atoms with van der Waals surface area (Å²) >= 11 is 0. The molecule has 36 heavy (non-hydrogen) atoms. The van der Waals surface area contributed by atoms with Gasteiger partial charge in [0.15, 0.2) is 0 Å². The van der Waals surface area contributed by atoms with Gasteiger partial charge in [0.1, 0.15) is 5.60 Å². The molecule has 0 aromatic heterocycles. The molecular formula is C31H35NO4. The minimum atomic E-state index is -0.392. The molecule has 0 saturated heterocycles. The summed E-state index contributed by atoms with van der Waals surface area (Å²) in [5.41, 5.74) is 6.19. The lowest BCUT2D eigenvalue weighted by Gasteiger charge is -2.34. The van der Waals surface area contributed by atoms with Gasteiger partial charge in [-0.1, -0.05) is 42.3 Å². The number of methoxy groups -OCH3 is 1. The van der Waals surface area contributed by atoms with Gasteiger partial charge in [0, 0.05) is 24.0 Å². The molecule has 3 aliphatic rings. The number of nitrogens with zero attached hydrogens (tertiary/aromatic N) is 1. The van der Waals surface area contributed by atoms with Crippen LogP contribution in [0.1, 0.15) is 79.8 Å². The van der Waals surface area contributed by atoms with Gasteiger partial charge in [-0.2, -0.15) is 0 Å².